The lowest BCUT2D eigenvalue weighted by Crippen LogP contribution is -2.41. The summed E-state index contributed by atoms with van der Waals surface area (Å²) in [5.74, 6) is 0.733. The molecule has 0 aliphatic carbocycles. The van der Waals surface area contributed by atoms with Gasteiger partial charge in [0.05, 0.1) is 0 Å². The maximum atomic E-state index is 13.0. The lowest BCUT2D eigenvalue weighted by Gasteiger charge is -2.33. The molecule has 1 atom stereocenters. The molecule has 7 heteroatoms. The first-order chi connectivity index (χ1) is 15.4. The number of carbonyl (C=O) groups is 1. The van der Waals surface area contributed by atoms with E-state index in [0.29, 0.717) is 17.4 Å². The van der Waals surface area contributed by atoms with Crippen molar-refractivity contribution in [3.8, 4) is 11.1 Å². The van der Waals surface area contributed by atoms with E-state index in [1.807, 2.05) is 49.1 Å². The summed E-state index contributed by atoms with van der Waals surface area (Å²) in [5.41, 5.74) is 10.7. The number of piperidine rings is 1. The third-order valence-corrected chi connectivity index (χ3v) is 6.29. The molecule has 166 valence electrons. The maximum Gasteiger partial charge on any atom is 0.225 e. The summed E-state index contributed by atoms with van der Waals surface area (Å²) in [7, 11) is 0. The van der Waals surface area contributed by atoms with Crippen molar-refractivity contribution in [3.63, 3.8) is 0 Å². The van der Waals surface area contributed by atoms with E-state index in [-0.39, 0.29) is 17.8 Å². The molecule has 6 nitrogen and oxygen atoms in total. The third-order valence-electron chi connectivity index (χ3n) is 6.06. The molecule has 3 aromatic rings. The standard InChI is InChI=1S/C25H28ClN5O/c1-16(10-18-4-3-5-22(26)12-18)24(32)31-8-6-19(7-9-31)23-13-20(11-17(2)30-23)21-14-28-25(27)29-15-21/h3-5,11-16,19H,6-10H2,1-2H3,(H2,27,28,29)/t16-/m1/s1. The third kappa shape index (κ3) is 5.25. The second kappa shape index (κ2) is 9.65. The van der Waals surface area contributed by atoms with Crippen LogP contribution in [0.2, 0.25) is 5.02 Å². The van der Waals surface area contributed by atoms with Gasteiger partial charge in [-0.25, -0.2) is 9.97 Å². The van der Waals surface area contributed by atoms with Crippen molar-refractivity contribution in [2.45, 2.75) is 39.0 Å². The normalized spacial score (nSPS) is 15.5. The molecule has 1 aromatic carbocycles. The lowest BCUT2D eigenvalue weighted by molar-refractivity contribution is -0.136. The van der Waals surface area contributed by atoms with Crippen LogP contribution in [0.5, 0.6) is 0 Å². The Bertz CT molecular complexity index is 1090. The number of pyridine rings is 1. The Morgan fingerprint density at radius 3 is 2.56 bits per heavy atom. The molecule has 1 saturated heterocycles. The number of hydrogen-bond acceptors (Lipinski definition) is 5. The summed E-state index contributed by atoms with van der Waals surface area (Å²) >= 11 is 6.09. The first-order valence-electron chi connectivity index (χ1n) is 11.0. The predicted molar refractivity (Wildman–Crippen MR) is 127 cm³/mol. The zero-order valence-corrected chi connectivity index (χ0v) is 19.2. The molecule has 1 aliphatic heterocycles. The molecule has 3 heterocycles. The van der Waals surface area contributed by atoms with Gasteiger partial charge in [0.1, 0.15) is 0 Å². The van der Waals surface area contributed by atoms with E-state index in [2.05, 4.69) is 16.0 Å². The van der Waals surface area contributed by atoms with Crippen LogP contribution in [0.1, 0.15) is 42.6 Å². The van der Waals surface area contributed by atoms with Crippen molar-refractivity contribution in [2.75, 3.05) is 18.8 Å². The minimum Gasteiger partial charge on any atom is -0.368 e. The number of aromatic nitrogens is 3. The van der Waals surface area contributed by atoms with E-state index in [9.17, 15) is 4.79 Å². The SMILES string of the molecule is Cc1cc(-c2cnc(N)nc2)cc(C2CCN(C(=O)[C@H](C)Cc3cccc(Cl)c3)CC2)n1. The quantitative estimate of drug-likeness (QED) is 0.611. The molecule has 2 N–H and O–H groups in total. The number of aryl methyl sites for hydroxylation is 1. The zero-order chi connectivity index (χ0) is 22.7. The van der Waals surface area contributed by atoms with Crippen LogP contribution in [0.3, 0.4) is 0 Å². The highest BCUT2D eigenvalue weighted by Gasteiger charge is 2.27. The average molecular weight is 450 g/mol. The number of carbonyl (C=O) groups excluding carboxylic acids is 1. The van der Waals surface area contributed by atoms with Crippen LogP contribution in [-0.4, -0.2) is 38.8 Å². The number of nitrogens with two attached hydrogens (primary N) is 1. The van der Waals surface area contributed by atoms with E-state index < -0.39 is 0 Å². The van der Waals surface area contributed by atoms with Crippen LogP contribution in [-0.2, 0) is 11.2 Å². The monoisotopic (exact) mass is 449 g/mol. The smallest absolute Gasteiger partial charge is 0.225 e. The lowest BCUT2D eigenvalue weighted by atomic mass is 9.90. The molecule has 2 aromatic heterocycles. The second-order valence-corrected chi connectivity index (χ2v) is 9.02. The number of rotatable bonds is 5. The summed E-state index contributed by atoms with van der Waals surface area (Å²) in [5, 5.41) is 0.707. The van der Waals surface area contributed by atoms with Gasteiger partial charge >= 0.3 is 0 Å². The molecule has 32 heavy (non-hydrogen) atoms. The highest BCUT2D eigenvalue weighted by atomic mass is 35.5. The van der Waals surface area contributed by atoms with E-state index in [4.69, 9.17) is 22.3 Å². The zero-order valence-electron chi connectivity index (χ0n) is 18.5. The van der Waals surface area contributed by atoms with Crippen molar-refractivity contribution in [1.29, 1.82) is 0 Å². The highest BCUT2D eigenvalue weighted by Crippen LogP contribution is 2.31. The second-order valence-electron chi connectivity index (χ2n) is 8.59. The fraction of sp³-hybridized carbons (Fsp3) is 0.360. The van der Waals surface area contributed by atoms with Crippen LogP contribution in [0.4, 0.5) is 5.95 Å². The topological polar surface area (TPSA) is 85.0 Å². The molecular weight excluding hydrogens is 422 g/mol. The summed E-state index contributed by atoms with van der Waals surface area (Å²) in [6.07, 6.45) is 5.99. The Hall–Kier alpha value is -2.99. The largest absolute Gasteiger partial charge is 0.368 e. The molecule has 0 saturated carbocycles. The fourth-order valence-electron chi connectivity index (χ4n) is 4.37. The molecule has 0 unspecified atom stereocenters. The fourth-order valence-corrected chi connectivity index (χ4v) is 4.58. The number of amides is 1. The predicted octanol–water partition coefficient (Wildman–Crippen LogP) is 4.67. The van der Waals surface area contributed by atoms with Gasteiger partial charge in [0, 0.05) is 59.3 Å². The van der Waals surface area contributed by atoms with Crippen molar-refractivity contribution in [3.05, 3.63) is 70.8 Å². The Balaban J connectivity index is 1.40. The number of nitrogens with zero attached hydrogens (tertiary/aromatic N) is 4. The molecule has 0 bridgehead atoms. The van der Waals surface area contributed by atoms with Gasteiger partial charge in [-0.3, -0.25) is 9.78 Å². The van der Waals surface area contributed by atoms with Gasteiger partial charge in [0.2, 0.25) is 11.9 Å². The number of likely N-dealkylation sites (tertiary alicyclic amines) is 1. The first-order valence-corrected chi connectivity index (χ1v) is 11.4. The van der Waals surface area contributed by atoms with E-state index in [1.54, 1.807) is 12.4 Å². The van der Waals surface area contributed by atoms with Crippen LogP contribution >= 0.6 is 11.6 Å². The average Bonchev–Trinajstić information content (AvgIpc) is 2.79. The molecule has 1 aliphatic rings. The van der Waals surface area contributed by atoms with Gasteiger partial charge in [0.25, 0.3) is 0 Å². The Kier molecular flexibility index (Phi) is 6.70. The summed E-state index contributed by atoms with van der Waals surface area (Å²) in [4.78, 5) is 28.0. The van der Waals surface area contributed by atoms with Crippen molar-refractivity contribution >= 4 is 23.5 Å². The van der Waals surface area contributed by atoms with Crippen molar-refractivity contribution in [2.24, 2.45) is 5.92 Å². The van der Waals surface area contributed by atoms with Gasteiger partial charge in [-0.05, 0) is 61.6 Å². The minimum atomic E-state index is -0.0702. The maximum absolute atomic E-state index is 13.0. The number of benzene rings is 1. The molecule has 1 fully saturated rings. The molecule has 1 amide bonds. The summed E-state index contributed by atoms with van der Waals surface area (Å²) < 4.78 is 0. The Morgan fingerprint density at radius 2 is 1.88 bits per heavy atom. The van der Waals surface area contributed by atoms with E-state index in [1.165, 1.54) is 0 Å². The molecule has 0 spiro atoms. The van der Waals surface area contributed by atoms with E-state index in [0.717, 1.165) is 54.0 Å². The van der Waals surface area contributed by atoms with Gasteiger partial charge in [-0.2, -0.15) is 0 Å². The van der Waals surface area contributed by atoms with Crippen molar-refractivity contribution < 1.29 is 4.79 Å². The van der Waals surface area contributed by atoms with Crippen LogP contribution in [0.25, 0.3) is 11.1 Å². The van der Waals surface area contributed by atoms with E-state index >= 15 is 0 Å². The molecule has 0 radical (unpaired) electrons. The number of halogens is 1. The number of anilines is 1. The van der Waals surface area contributed by atoms with Gasteiger partial charge in [-0.1, -0.05) is 30.7 Å². The van der Waals surface area contributed by atoms with Crippen LogP contribution in [0, 0.1) is 12.8 Å². The molecule has 4 rings (SSSR count). The van der Waals surface area contributed by atoms with Crippen LogP contribution < -0.4 is 5.73 Å². The van der Waals surface area contributed by atoms with Gasteiger partial charge < -0.3 is 10.6 Å². The highest BCUT2D eigenvalue weighted by molar-refractivity contribution is 6.30. The van der Waals surface area contributed by atoms with Crippen LogP contribution in [0.15, 0.2) is 48.8 Å². The minimum absolute atomic E-state index is 0.0702. The first kappa shape index (κ1) is 22.2. The number of nitrogen functional groups attached to an aromatic ring is 1. The molecular formula is C25H28ClN5O. The van der Waals surface area contributed by atoms with Gasteiger partial charge in [-0.15, -0.1) is 0 Å². The van der Waals surface area contributed by atoms with Gasteiger partial charge in [0.15, 0.2) is 0 Å². The summed E-state index contributed by atoms with van der Waals surface area (Å²) in [6, 6.07) is 11.9. The summed E-state index contributed by atoms with van der Waals surface area (Å²) in [6.45, 7) is 5.50. The Labute approximate surface area is 193 Å². The van der Waals surface area contributed by atoms with Crippen molar-refractivity contribution in [1.82, 2.24) is 19.9 Å². The number of hydrogen-bond donors (Lipinski definition) is 1. The Morgan fingerprint density at radius 1 is 1.16 bits per heavy atom.